The zero-order valence-corrected chi connectivity index (χ0v) is 68.3. The van der Waals surface area contributed by atoms with Crippen LogP contribution in [0.25, 0.3) is 0 Å². The van der Waals surface area contributed by atoms with Crippen LogP contribution < -0.4 is 111 Å². The van der Waals surface area contributed by atoms with E-state index in [0.717, 1.165) is 182 Å². The van der Waals surface area contributed by atoms with E-state index in [0.29, 0.717) is 65.1 Å². The molecule has 0 aromatic rings. The van der Waals surface area contributed by atoms with E-state index in [-0.39, 0.29) is 18.3 Å². The van der Waals surface area contributed by atoms with Crippen molar-refractivity contribution in [2.24, 2.45) is 74.7 Å². The number of aliphatic hydroxyl groups excluding tert-OH is 4. The second kappa shape index (κ2) is 108. The van der Waals surface area contributed by atoms with Crippen LogP contribution in [0.5, 0.6) is 0 Å². The Morgan fingerprint density at radius 3 is 1.12 bits per heavy atom. The van der Waals surface area contributed by atoms with Gasteiger partial charge in [0.05, 0.1) is 37.8 Å². The van der Waals surface area contributed by atoms with Crippen LogP contribution in [0, 0.1) is 5.92 Å². The summed E-state index contributed by atoms with van der Waals surface area (Å²) in [5.74, 6) is 0.913. The molecule has 36 N–H and O–H groups in total. The summed E-state index contributed by atoms with van der Waals surface area (Å²) in [6, 6.07) is 0.670. The molecule has 2 heterocycles. The van der Waals surface area contributed by atoms with Gasteiger partial charge < -0.3 is 146 Å². The Morgan fingerprint density at radius 2 is 0.779 bits per heavy atom. The standard InChI is InChI=1S/C13H26N2O2.C11H27N3.C8H18N2O.2C7H19N3.C7H16N2.C7H14N2.C6H18N4.C5H12N2O.C5H13N/c1-5-12(16)9-14(7-3)11-15(8-4)10-13(17)6-2;12-8-5-3-1-2-4-6-10-14-11-7-9-13;1-4-8(11)6-10(5-2)7-9-3;8-4-1-2-6-10-7-3-5-9;8-4-2-1-3-6-10-7-5-9;8-4-1-7-2-5-9-6-3-7;1-2-9-7-3-5-8-6-4-7;7-1-4-10(5-2-8)6-3-9;1-2-7-4-5(8)3-6;1-2-3-4-5-6/h7-8,12-13,16-17H,3-6,9-11H2,1-2H3;14H,1-13H2;5,8-9,11H,2,4,6-7H2,1,3H3;2*10H,1-9H2;7,9H,1-6,8H2;2,7-9H,1,3-6H2;1-9H2;2,5,7-8H,1,3-4,6H2;2-6H2,1H3. The molecule has 2 saturated heterocycles. The summed E-state index contributed by atoms with van der Waals surface area (Å²) in [7, 11) is 1.87. The quantitative estimate of drug-likeness (QED) is 0.0303. The summed E-state index contributed by atoms with van der Waals surface area (Å²) in [5, 5.41) is 62.7. The summed E-state index contributed by atoms with van der Waals surface area (Å²) in [4.78, 5) is 7.94. The first-order chi connectivity index (χ1) is 50.5. The van der Waals surface area contributed by atoms with Gasteiger partial charge in [0.15, 0.2) is 0 Å². The minimum absolute atomic E-state index is 0.249. The van der Waals surface area contributed by atoms with Crippen LogP contribution >= 0.6 is 0 Å². The van der Waals surface area contributed by atoms with Gasteiger partial charge in [-0.1, -0.05) is 106 Å². The third-order valence-corrected chi connectivity index (χ3v) is 16.0. The van der Waals surface area contributed by atoms with E-state index < -0.39 is 6.10 Å². The molecule has 104 heavy (non-hydrogen) atoms. The Labute approximate surface area is 640 Å². The third kappa shape index (κ3) is 110. The molecule has 28 heteroatoms. The molecular formula is C76H182N24O4. The monoisotopic (exact) mass is 1500 g/mol. The topological polar surface area (TPSA) is 502 Å². The van der Waals surface area contributed by atoms with Crippen molar-refractivity contribution >= 4 is 0 Å². The Hall–Kier alpha value is -3.22. The van der Waals surface area contributed by atoms with E-state index in [1.165, 1.54) is 128 Å². The van der Waals surface area contributed by atoms with Crippen molar-refractivity contribution in [1.29, 1.82) is 0 Å². The first kappa shape index (κ1) is 117. The lowest BCUT2D eigenvalue weighted by Crippen LogP contribution is -2.39. The SMILES string of the molecule is C=CN(CC(O)CC)CN(C=C)CC(O)CC.C=CN(CNC)CC(O)CC.C=CNC1CCNCC1.C=CNCC(O)CN.CCCCCN.NCCC1CCNCC1.NCCCCCCCCNCCCN.NCCCCCNCCN.NCCCCNCCCN.NCCN(CCN)CCN. The van der Waals surface area contributed by atoms with Gasteiger partial charge in [-0.3, -0.25) is 4.90 Å². The molecule has 2 fully saturated rings. The second-order valence-electron chi connectivity index (χ2n) is 25.7. The summed E-state index contributed by atoms with van der Waals surface area (Å²) < 4.78 is 0. The molecule has 4 unspecified atom stereocenters. The fourth-order valence-corrected chi connectivity index (χ4v) is 9.36. The Balaban J connectivity index is -0.000000166. The second-order valence-corrected chi connectivity index (χ2v) is 25.7. The number of hydrogen-bond donors (Lipinski definition) is 24. The van der Waals surface area contributed by atoms with Crippen LogP contribution in [0.4, 0.5) is 0 Å². The number of rotatable bonds is 58. The molecule has 0 bridgehead atoms. The molecule has 28 nitrogen and oxygen atoms in total. The summed E-state index contributed by atoms with van der Waals surface area (Å²) >= 11 is 0. The third-order valence-electron chi connectivity index (χ3n) is 16.0. The Morgan fingerprint density at radius 1 is 0.413 bits per heavy atom. The molecule has 0 aromatic carbocycles. The molecule has 0 amide bonds. The number of aliphatic hydroxyl groups is 4. The normalized spacial score (nSPS) is 13.3. The fraction of sp³-hybridized carbons (Fsp3) is 0.868. The van der Waals surface area contributed by atoms with Crippen molar-refractivity contribution in [3.8, 4) is 0 Å². The first-order valence-electron chi connectivity index (χ1n) is 40.3. The predicted octanol–water partition coefficient (Wildman–Crippen LogP) is 1.45. The molecule has 0 aliphatic carbocycles. The Bertz CT molecular complexity index is 1450. The van der Waals surface area contributed by atoms with Crippen LogP contribution in [0.3, 0.4) is 0 Å². The maximum Gasteiger partial charge on any atom is 0.0894 e. The van der Waals surface area contributed by atoms with Crippen molar-refractivity contribution in [1.82, 2.24) is 62.1 Å². The predicted molar refractivity (Wildman–Crippen MR) is 455 cm³/mol. The van der Waals surface area contributed by atoms with Gasteiger partial charge >= 0.3 is 0 Å². The number of nitrogens with zero attached hydrogens (tertiary/aromatic N) is 4. The Kier molecular flexibility index (Phi) is 121. The summed E-state index contributed by atoms with van der Waals surface area (Å²) in [6.45, 7) is 52.3. The van der Waals surface area contributed by atoms with E-state index in [4.69, 9.17) is 73.9 Å². The van der Waals surface area contributed by atoms with Crippen LogP contribution in [0.15, 0.2) is 63.9 Å². The maximum atomic E-state index is 9.59. The van der Waals surface area contributed by atoms with Crippen LogP contribution in [-0.2, 0) is 0 Å². The van der Waals surface area contributed by atoms with Crippen molar-refractivity contribution in [3.05, 3.63) is 63.9 Å². The van der Waals surface area contributed by atoms with Gasteiger partial charge in [0.25, 0.3) is 0 Å². The van der Waals surface area contributed by atoms with Crippen LogP contribution in [0.2, 0.25) is 0 Å². The van der Waals surface area contributed by atoms with Gasteiger partial charge in [-0.05, 0) is 258 Å². The fourth-order valence-electron chi connectivity index (χ4n) is 9.36. The summed E-state index contributed by atoms with van der Waals surface area (Å²) in [6.07, 6.45) is 35.3. The van der Waals surface area contributed by atoms with Crippen molar-refractivity contribution in [3.63, 3.8) is 0 Å². The molecule has 2 aliphatic heterocycles. The largest absolute Gasteiger partial charge is 0.391 e. The van der Waals surface area contributed by atoms with E-state index in [2.05, 4.69) is 87.3 Å². The zero-order chi connectivity index (χ0) is 79.9. The van der Waals surface area contributed by atoms with Crippen LogP contribution in [-0.4, -0.2) is 281 Å². The summed E-state index contributed by atoms with van der Waals surface area (Å²) in [5.41, 5.74) is 63.9. The highest BCUT2D eigenvalue weighted by Crippen LogP contribution is 2.14. The lowest BCUT2D eigenvalue weighted by molar-refractivity contribution is 0.0837. The molecule has 2 aliphatic rings. The number of nitrogens with one attached hydrogen (secondary N) is 8. The molecule has 0 spiro atoms. The maximum absolute atomic E-state index is 9.59. The smallest absolute Gasteiger partial charge is 0.0894 e. The van der Waals surface area contributed by atoms with E-state index in [1.807, 2.05) is 42.5 Å². The van der Waals surface area contributed by atoms with E-state index in [9.17, 15) is 15.3 Å². The van der Waals surface area contributed by atoms with Gasteiger partial charge in [0.1, 0.15) is 0 Å². The lowest BCUT2D eigenvalue weighted by atomic mass is 9.95. The molecule has 0 aromatic heterocycles. The average molecular weight is 1500 g/mol. The van der Waals surface area contributed by atoms with Gasteiger partial charge in [0.2, 0.25) is 0 Å². The van der Waals surface area contributed by atoms with E-state index in [1.54, 1.807) is 24.8 Å². The number of nitrogens with two attached hydrogens (primary N) is 12. The van der Waals surface area contributed by atoms with Crippen molar-refractivity contribution < 1.29 is 20.4 Å². The van der Waals surface area contributed by atoms with Gasteiger partial charge in [-0.25, -0.2) is 0 Å². The minimum Gasteiger partial charge on any atom is -0.391 e. The number of unbranched alkanes of at least 4 members (excludes halogenated alkanes) is 10. The van der Waals surface area contributed by atoms with Gasteiger partial charge in [0, 0.05) is 91.1 Å². The van der Waals surface area contributed by atoms with E-state index >= 15 is 0 Å². The average Bonchev–Trinajstić information content (AvgIpc) is 1.04. The highest BCUT2D eigenvalue weighted by atomic mass is 16.3. The number of hydrogen-bond acceptors (Lipinski definition) is 28. The number of piperidine rings is 2. The van der Waals surface area contributed by atoms with Crippen molar-refractivity contribution in [2.75, 3.05) is 210 Å². The molecular weight excluding hydrogens is 1310 g/mol. The van der Waals surface area contributed by atoms with Crippen LogP contribution in [0.1, 0.15) is 182 Å². The molecule has 4 atom stereocenters. The molecule has 2 rings (SSSR count). The highest BCUT2D eigenvalue weighted by Gasteiger charge is 2.13. The first-order valence-corrected chi connectivity index (χ1v) is 40.3. The molecule has 0 radical (unpaired) electrons. The van der Waals surface area contributed by atoms with Gasteiger partial charge in [-0.2, -0.15) is 0 Å². The molecule has 630 valence electrons. The lowest BCUT2D eigenvalue weighted by Gasteiger charge is -2.30. The zero-order valence-electron chi connectivity index (χ0n) is 68.3. The highest BCUT2D eigenvalue weighted by molar-refractivity contribution is 4.81. The molecule has 0 saturated carbocycles. The minimum atomic E-state index is -0.451. The van der Waals surface area contributed by atoms with Gasteiger partial charge in [-0.15, -0.1) is 0 Å². The van der Waals surface area contributed by atoms with Crippen molar-refractivity contribution in [2.45, 2.75) is 212 Å².